The van der Waals surface area contributed by atoms with Gasteiger partial charge in [0.15, 0.2) is 5.11 Å². The highest BCUT2D eigenvalue weighted by Crippen LogP contribution is 2.22. The SMILES string of the molecule is COCCCNC(=S)Nc1ccc(F)cc1Br. The molecule has 0 bridgehead atoms. The Kier molecular flexibility index (Phi) is 6.39. The lowest BCUT2D eigenvalue weighted by Crippen LogP contribution is -2.29. The fourth-order valence-corrected chi connectivity index (χ4v) is 1.84. The van der Waals surface area contributed by atoms with Crippen LogP contribution in [-0.4, -0.2) is 25.4 Å². The predicted octanol–water partition coefficient (Wildman–Crippen LogP) is 2.91. The van der Waals surface area contributed by atoms with Gasteiger partial charge in [-0.3, -0.25) is 0 Å². The fourth-order valence-electron chi connectivity index (χ4n) is 1.18. The summed E-state index contributed by atoms with van der Waals surface area (Å²) in [4.78, 5) is 0. The molecule has 0 fully saturated rings. The molecule has 2 N–H and O–H groups in total. The van der Waals surface area contributed by atoms with Crippen LogP contribution in [0.25, 0.3) is 0 Å². The zero-order valence-corrected chi connectivity index (χ0v) is 11.8. The molecule has 94 valence electrons. The lowest BCUT2D eigenvalue weighted by Gasteiger charge is -2.11. The van der Waals surface area contributed by atoms with E-state index in [1.54, 1.807) is 13.2 Å². The van der Waals surface area contributed by atoms with E-state index in [-0.39, 0.29) is 5.82 Å². The zero-order valence-electron chi connectivity index (χ0n) is 9.43. The molecule has 1 aromatic carbocycles. The molecule has 0 unspecified atom stereocenters. The Morgan fingerprint density at radius 1 is 1.53 bits per heavy atom. The Balaban J connectivity index is 2.40. The van der Waals surface area contributed by atoms with Gasteiger partial charge in [-0.15, -0.1) is 0 Å². The molecule has 0 atom stereocenters. The van der Waals surface area contributed by atoms with Crippen LogP contribution in [0.3, 0.4) is 0 Å². The van der Waals surface area contributed by atoms with Crippen LogP contribution in [0.2, 0.25) is 0 Å². The third-order valence-electron chi connectivity index (χ3n) is 1.99. The minimum atomic E-state index is -0.290. The number of methoxy groups -OCH3 is 1. The predicted molar refractivity (Wildman–Crippen MR) is 74.8 cm³/mol. The van der Waals surface area contributed by atoms with E-state index in [0.29, 0.717) is 16.2 Å². The number of thiocarbonyl (C=S) groups is 1. The summed E-state index contributed by atoms with van der Waals surface area (Å²) in [6.07, 6.45) is 0.878. The minimum Gasteiger partial charge on any atom is -0.385 e. The topological polar surface area (TPSA) is 33.3 Å². The van der Waals surface area contributed by atoms with Gasteiger partial charge < -0.3 is 15.4 Å². The van der Waals surface area contributed by atoms with Gasteiger partial charge in [-0.2, -0.15) is 0 Å². The summed E-state index contributed by atoms with van der Waals surface area (Å²) in [6.45, 7) is 1.42. The Morgan fingerprint density at radius 3 is 2.94 bits per heavy atom. The average molecular weight is 321 g/mol. The second-order valence-electron chi connectivity index (χ2n) is 3.35. The zero-order chi connectivity index (χ0) is 12.7. The maximum atomic E-state index is 12.9. The molecule has 0 heterocycles. The summed E-state index contributed by atoms with van der Waals surface area (Å²) in [5.74, 6) is -0.290. The Bertz CT molecular complexity index is 390. The maximum absolute atomic E-state index is 12.9. The highest BCUT2D eigenvalue weighted by atomic mass is 79.9. The van der Waals surface area contributed by atoms with Crippen LogP contribution in [0.4, 0.5) is 10.1 Å². The summed E-state index contributed by atoms with van der Waals surface area (Å²) >= 11 is 8.36. The van der Waals surface area contributed by atoms with E-state index in [1.807, 2.05) is 0 Å². The molecule has 6 heteroatoms. The van der Waals surface area contributed by atoms with Crippen LogP contribution in [0.5, 0.6) is 0 Å². The van der Waals surface area contributed by atoms with Gasteiger partial charge in [0.05, 0.1) is 5.69 Å². The lowest BCUT2D eigenvalue weighted by molar-refractivity contribution is 0.196. The third-order valence-corrected chi connectivity index (χ3v) is 2.89. The normalized spacial score (nSPS) is 10.1. The van der Waals surface area contributed by atoms with E-state index in [2.05, 4.69) is 26.6 Å². The maximum Gasteiger partial charge on any atom is 0.170 e. The largest absolute Gasteiger partial charge is 0.385 e. The first kappa shape index (κ1) is 14.3. The van der Waals surface area contributed by atoms with Gasteiger partial charge in [0.25, 0.3) is 0 Å². The standard InChI is InChI=1S/C11H14BrFN2OS/c1-16-6-2-5-14-11(17)15-10-4-3-8(13)7-9(10)12/h3-4,7H,2,5-6H2,1H3,(H2,14,15,17). The van der Waals surface area contributed by atoms with Crippen molar-refractivity contribution in [1.29, 1.82) is 0 Å². The molecule has 1 aromatic rings. The van der Waals surface area contributed by atoms with E-state index in [9.17, 15) is 4.39 Å². The number of hydrogen-bond donors (Lipinski definition) is 2. The van der Waals surface area contributed by atoms with Gasteiger partial charge in [-0.05, 0) is 52.8 Å². The molecule has 0 aliphatic carbocycles. The van der Waals surface area contributed by atoms with Crippen LogP contribution in [0.1, 0.15) is 6.42 Å². The van der Waals surface area contributed by atoms with Crippen molar-refractivity contribution in [3.63, 3.8) is 0 Å². The minimum absolute atomic E-state index is 0.290. The van der Waals surface area contributed by atoms with E-state index in [4.69, 9.17) is 17.0 Å². The Hall–Kier alpha value is -0.720. The Labute approximate surface area is 114 Å². The van der Waals surface area contributed by atoms with Crippen molar-refractivity contribution in [2.45, 2.75) is 6.42 Å². The fraction of sp³-hybridized carbons (Fsp3) is 0.364. The van der Waals surface area contributed by atoms with Crippen molar-refractivity contribution in [3.8, 4) is 0 Å². The highest BCUT2D eigenvalue weighted by molar-refractivity contribution is 9.10. The summed E-state index contributed by atoms with van der Waals surface area (Å²) in [5, 5.41) is 6.52. The Morgan fingerprint density at radius 2 is 2.29 bits per heavy atom. The smallest absolute Gasteiger partial charge is 0.170 e. The summed E-state index contributed by atoms with van der Waals surface area (Å²) < 4.78 is 18.4. The van der Waals surface area contributed by atoms with Crippen LogP contribution >= 0.6 is 28.1 Å². The van der Waals surface area contributed by atoms with Crippen molar-refractivity contribution < 1.29 is 9.13 Å². The van der Waals surface area contributed by atoms with Crippen molar-refractivity contribution >= 4 is 38.9 Å². The number of hydrogen-bond acceptors (Lipinski definition) is 2. The molecule has 0 radical (unpaired) electrons. The van der Waals surface area contributed by atoms with Gasteiger partial charge in [-0.1, -0.05) is 0 Å². The molecule has 0 spiro atoms. The van der Waals surface area contributed by atoms with Crippen molar-refractivity contribution in [2.24, 2.45) is 0 Å². The van der Waals surface area contributed by atoms with E-state index in [0.717, 1.165) is 18.7 Å². The first-order chi connectivity index (χ1) is 8.13. The van der Waals surface area contributed by atoms with Crippen LogP contribution in [-0.2, 0) is 4.74 Å². The molecule has 0 saturated carbocycles. The molecule has 0 aliphatic rings. The third kappa shape index (κ3) is 5.43. The van der Waals surface area contributed by atoms with Gasteiger partial charge >= 0.3 is 0 Å². The first-order valence-corrected chi connectivity index (χ1v) is 6.32. The van der Waals surface area contributed by atoms with Crippen LogP contribution in [0, 0.1) is 5.82 Å². The molecular formula is C11H14BrFN2OS. The van der Waals surface area contributed by atoms with E-state index < -0.39 is 0 Å². The summed E-state index contributed by atoms with van der Waals surface area (Å²) in [7, 11) is 1.66. The number of benzene rings is 1. The number of rotatable bonds is 5. The molecule has 17 heavy (non-hydrogen) atoms. The highest BCUT2D eigenvalue weighted by Gasteiger charge is 2.03. The second kappa shape index (κ2) is 7.58. The average Bonchev–Trinajstić information content (AvgIpc) is 2.28. The number of ether oxygens (including phenoxy) is 1. The van der Waals surface area contributed by atoms with Gasteiger partial charge in [0.2, 0.25) is 0 Å². The molecule has 1 rings (SSSR count). The number of nitrogens with one attached hydrogen (secondary N) is 2. The summed E-state index contributed by atoms with van der Waals surface area (Å²) in [5.41, 5.74) is 0.732. The molecule has 3 nitrogen and oxygen atoms in total. The molecule has 0 aromatic heterocycles. The molecule has 0 aliphatic heterocycles. The van der Waals surface area contributed by atoms with Crippen LogP contribution < -0.4 is 10.6 Å². The van der Waals surface area contributed by atoms with Gasteiger partial charge in [0, 0.05) is 24.7 Å². The summed E-state index contributed by atoms with van der Waals surface area (Å²) in [6, 6.07) is 4.39. The van der Waals surface area contributed by atoms with E-state index >= 15 is 0 Å². The monoisotopic (exact) mass is 320 g/mol. The molecule has 0 saturated heterocycles. The lowest BCUT2D eigenvalue weighted by atomic mass is 10.3. The van der Waals surface area contributed by atoms with Crippen LogP contribution in [0.15, 0.2) is 22.7 Å². The number of halogens is 2. The second-order valence-corrected chi connectivity index (χ2v) is 4.61. The molecular weight excluding hydrogens is 307 g/mol. The van der Waals surface area contributed by atoms with Gasteiger partial charge in [-0.25, -0.2) is 4.39 Å². The quantitative estimate of drug-likeness (QED) is 0.645. The van der Waals surface area contributed by atoms with Crippen molar-refractivity contribution in [1.82, 2.24) is 5.32 Å². The number of anilines is 1. The van der Waals surface area contributed by atoms with Crippen molar-refractivity contribution in [2.75, 3.05) is 25.6 Å². The van der Waals surface area contributed by atoms with Crippen molar-refractivity contribution in [3.05, 3.63) is 28.5 Å². The molecule has 0 amide bonds. The van der Waals surface area contributed by atoms with Gasteiger partial charge in [0.1, 0.15) is 5.82 Å². The first-order valence-electron chi connectivity index (χ1n) is 5.12. The van der Waals surface area contributed by atoms with E-state index in [1.165, 1.54) is 12.1 Å².